The van der Waals surface area contributed by atoms with Gasteiger partial charge in [-0.05, 0) is 22.3 Å². The number of fused-ring (bicyclic) bond motifs is 1. The lowest BCUT2D eigenvalue weighted by Crippen LogP contribution is -2.10. The van der Waals surface area contributed by atoms with Gasteiger partial charge in [0.1, 0.15) is 0 Å². The second kappa shape index (κ2) is 5.76. The van der Waals surface area contributed by atoms with E-state index in [1.807, 2.05) is 18.4 Å². The molecule has 0 radical (unpaired) electrons. The summed E-state index contributed by atoms with van der Waals surface area (Å²) < 4.78 is 5.70. The summed E-state index contributed by atoms with van der Waals surface area (Å²) in [5, 5.41) is 0. The van der Waals surface area contributed by atoms with Crippen molar-refractivity contribution in [3.63, 3.8) is 0 Å². The number of ether oxygens (including phenoxy) is 1. The standard InChI is InChI=1S/C15H18N2O/c1-3-5-11(9-17-2)12-6-4-7-13-14(12)10-18-15(13)8-16/h3-7,9,15H,1,8,10,16H2,2H3/b11-5+,17-9?. The molecule has 0 aromatic heterocycles. The van der Waals surface area contributed by atoms with Crippen molar-refractivity contribution in [2.75, 3.05) is 13.6 Å². The lowest BCUT2D eigenvalue weighted by atomic mass is 9.95. The Labute approximate surface area is 108 Å². The summed E-state index contributed by atoms with van der Waals surface area (Å²) >= 11 is 0. The molecule has 1 aromatic carbocycles. The fourth-order valence-electron chi connectivity index (χ4n) is 2.28. The van der Waals surface area contributed by atoms with E-state index >= 15 is 0 Å². The summed E-state index contributed by atoms with van der Waals surface area (Å²) in [6, 6.07) is 6.20. The summed E-state index contributed by atoms with van der Waals surface area (Å²) in [4.78, 5) is 4.09. The molecule has 1 aromatic rings. The van der Waals surface area contributed by atoms with Crippen LogP contribution in [0.15, 0.2) is 41.9 Å². The van der Waals surface area contributed by atoms with Gasteiger partial charge >= 0.3 is 0 Å². The molecule has 3 heteroatoms. The van der Waals surface area contributed by atoms with Gasteiger partial charge in [-0.15, -0.1) is 0 Å². The van der Waals surface area contributed by atoms with Crippen molar-refractivity contribution in [2.45, 2.75) is 12.7 Å². The molecule has 2 rings (SSSR count). The second-order valence-corrected chi connectivity index (χ2v) is 4.15. The van der Waals surface area contributed by atoms with Crippen LogP contribution >= 0.6 is 0 Å². The predicted molar refractivity (Wildman–Crippen MR) is 75.6 cm³/mol. The van der Waals surface area contributed by atoms with Crippen LogP contribution in [0.2, 0.25) is 0 Å². The highest BCUT2D eigenvalue weighted by Crippen LogP contribution is 2.34. The number of rotatable bonds is 4. The first-order chi connectivity index (χ1) is 8.81. The van der Waals surface area contributed by atoms with E-state index in [0.717, 1.165) is 11.1 Å². The van der Waals surface area contributed by atoms with Crippen LogP contribution in [0.4, 0.5) is 0 Å². The molecule has 2 N–H and O–H groups in total. The largest absolute Gasteiger partial charge is 0.367 e. The van der Waals surface area contributed by atoms with E-state index < -0.39 is 0 Å². The molecule has 1 aliphatic heterocycles. The normalized spacial score (nSPS) is 19.2. The quantitative estimate of drug-likeness (QED) is 0.651. The van der Waals surface area contributed by atoms with Gasteiger partial charge in [-0.25, -0.2) is 0 Å². The first-order valence-corrected chi connectivity index (χ1v) is 6.00. The highest BCUT2D eigenvalue weighted by Gasteiger charge is 2.24. The Hall–Kier alpha value is -1.71. The maximum Gasteiger partial charge on any atom is 0.0955 e. The minimum atomic E-state index is 0.0171. The highest BCUT2D eigenvalue weighted by atomic mass is 16.5. The van der Waals surface area contributed by atoms with E-state index in [4.69, 9.17) is 10.5 Å². The van der Waals surface area contributed by atoms with Crippen molar-refractivity contribution in [3.8, 4) is 0 Å². The molecule has 94 valence electrons. The molecule has 0 aliphatic carbocycles. The van der Waals surface area contributed by atoms with Crippen LogP contribution in [0.1, 0.15) is 22.8 Å². The van der Waals surface area contributed by atoms with Crippen LogP contribution in [0.25, 0.3) is 5.57 Å². The fraction of sp³-hybridized carbons (Fsp3) is 0.267. The number of allylic oxidation sites excluding steroid dienone is 3. The van der Waals surface area contributed by atoms with Crippen molar-refractivity contribution < 1.29 is 4.74 Å². The average molecular weight is 242 g/mol. The number of hydrogen-bond donors (Lipinski definition) is 1. The Balaban J connectivity index is 2.50. The average Bonchev–Trinajstić information content (AvgIpc) is 2.81. The predicted octanol–water partition coefficient (Wildman–Crippen LogP) is 2.49. The van der Waals surface area contributed by atoms with Gasteiger partial charge in [-0.3, -0.25) is 4.99 Å². The topological polar surface area (TPSA) is 47.6 Å². The van der Waals surface area contributed by atoms with Gasteiger partial charge in [0, 0.05) is 19.8 Å². The molecule has 1 heterocycles. The van der Waals surface area contributed by atoms with Crippen LogP contribution in [0.3, 0.4) is 0 Å². The molecule has 0 amide bonds. The number of hydrogen-bond acceptors (Lipinski definition) is 3. The third-order valence-corrected chi connectivity index (χ3v) is 3.08. The molecule has 0 saturated heterocycles. The molecule has 0 spiro atoms. The van der Waals surface area contributed by atoms with Crippen LogP contribution in [0.5, 0.6) is 0 Å². The van der Waals surface area contributed by atoms with Gasteiger partial charge < -0.3 is 10.5 Å². The smallest absolute Gasteiger partial charge is 0.0955 e. The number of aliphatic imine (C=N–C) groups is 1. The SMILES string of the molecule is C=C/C=C(\C=NC)c1cccc2c1COC2CN. The molecular formula is C15H18N2O. The van der Waals surface area contributed by atoms with Gasteiger partial charge in [-0.2, -0.15) is 0 Å². The molecule has 1 unspecified atom stereocenters. The Morgan fingerprint density at radius 2 is 2.44 bits per heavy atom. The molecule has 0 saturated carbocycles. The lowest BCUT2D eigenvalue weighted by molar-refractivity contribution is 0.0723. The Bertz CT molecular complexity index is 503. The van der Waals surface area contributed by atoms with Gasteiger partial charge in [0.25, 0.3) is 0 Å². The van der Waals surface area contributed by atoms with E-state index in [2.05, 4.69) is 23.7 Å². The summed E-state index contributed by atoms with van der Waals surface area (Å²) in [5.74, 6) is 0. The Kier molecular flexibility index (Phi) is 4.07. The van der Waals surface area contributed by atoms with Crippen molar-refractivity contribution >= 4 is 11.8 Å². The molecule has 0 bridgehead atoms. The van der Waals surface area contributed by atoms with Crippen molar-refractivity contribution in [3.05, 3.63) is 53.6 Å². The summed E-state index contributed by atoms with van der Waals surface area (Å²) in [5.41, 5.74) is 10.3. The molecule has 0 fully saturated rings. The minimum absolute atomic E-state index is 0.0171. The van der Waals surface area contributed by atoms with Crippen LogP contribution in [0, 0.1) is 0 Å². The van der Waals surface area contributed by atoms with Gasteiger partial charge in [0.15, 0.2) is 0 Å². The summed E-state index contributed by atoms with van der Waals surface area (Å²) in [6.45, 7) is 4.87. The van der Waals surface area contributed by atoms with E-state index in [-0.39, 0.29) is 6.10 Å². The van der Waals surface area contributed by atoms with Crippen molar-refractivity contribution in [1.29, 1.82) is 0 Å². The molecule has 18 heavy (non-hydrogen) atoms. The van der Waals surface area contributed by atoms with Crippen LogP contribution in [-0.2, 0) is 11.3 Å². The van der Waals surface area contributed by atoms with Gasteiger partial charge in [0.05, 0.1) is 12.7 Å². The number of nitrogens with two attached hydrogens (primary N) is 1. The first kappa shape index (κ1) is 12.7. The third kappa shape index (κ3) is 2.28. The van der Waals surface area contributed by atoms with Gasteiger partial charge in [-0.1, -0.05) is 36.9 Å². The molecule has 3 nitrogen and oxygen atoms in total. The second-order valence-electron chi connectivity index (χ2n) is 4.15. The molecule has 1 aliphatic rings. The zero-order chi connectivity index (χ0) is 13.0. The fourth-order valence-corrected chi connectivity index (χ4v) is 2.28. The van der Waals surface area contributed by atoms with Crippen molar-refractivity contribution in [2.24, 2.45) is 10.7 Å². The van der Waals surface area contributed by atoms with Gasteiger partial charge in [0.2, 0.25) is 0 Å². The number of benzene rings is 1. The van der Waals surface area contributed by atoms with Crippen LogP contribution in [-0.4, -0.2) is 19.8 Å². The Morgan fingerprint density at radius 3 is 3.11 bits per heavy atom. The third-order valence-electron chi connectivity index (χ3n) is 3.08. The van der Waals surface area contributed by atoms with E-state index in [9.17, 15) is 0 Å². The first-order valence-electron chi connectivity index (χ1n) is 6.00. The summed E-state index contributed by atoms with van der Waals surface area (Å²) in [7, 11) is 1.76. The van der Waals surface area contributed by atoms with Crippen molar-refractivity contribution in [1.82, 2.24) is 0 Å². The van der Waals surface area contributed by atoms with E-state index in [1.165, 1.54) is 11.1 Å². The Morgan fingerprint density at radius 1 is 1.61 bits per heavy atom. The lowest BCUT2D eigenvalue weighted by Gasteiger charge is -2.09. The zero-order valence-electron chi connectivity index (χ0n) is 10.6. The monoisotopic (exact) mass is 242 g/mol. The summed E-state index contributed by atoms with van der Waals surface area (Å²) in [6.07, 6.45) is 5.58. The van der Waals surface area contributed by atoms with E-state index in [0.29, 0.717) is 13.2 Å². The van der Waals surface area contributed by atoms with E-state index in [1.54, 1.807) is 13.1 Å². The molecular weight excluding hydrogens is 224 g/mol. The molecule has 1 atom stereocenters. The maximum atomic E-state index is 5.71. The highest BCUT2D eigenvalue weighted by molar-refractivity contribution is 6.10. The minimum Gasteiger partial charge on any atom is -0.367 e. The number of nitrogens with zero attached hydrogens (tertiary/aromatic N) is 1. The van der Waals surface area contributed by atoms with Crippen LogP contribution < -0.4 is 5.73 Å². The zero-order valence-corrected chi connectivity index (χ0v) is 10.6. The maximum absolute atomic E-state index is 5.71.